The van der Waals surface area contributed by atoms with Gasteiger partial charge in [0.05, 0.1) is 16.8 Å². The first kappa shape index (κ1) is 22.0. The Bertz CT molecular complexity index is 940. The predicted octanol–water partition coefficient (Wildman–Crippen LogP) is 4.99. The number of furan rings is 1. The minimum absolute atomic E-state index is 0.0710. The molecule has 3 rings (SSSR count). The van der Waals surface area contributed by atoms with Crippen LogP contribution in [0.5, 0.6) is 0 Å². The van der Waals surface area contributed by atoms with Crippen LogP contribution in [0.2, 0.25) is 0 Å². The number of aromatic nitrogens is 1. The van der Waals surface area contributed by atoms with Crippen LogP contribution in [-0.4, -0.2) is 34.8 Å². The van der Waals surface area contributed by atoms with Crippen molar-refractivity contribution in [3.63, 3.8) is 0 Å². The lowest BCUT2D eigenvalue weighted by Gasteiger charge is -2.21. The summed E-state index contributed by atoms with van der Waals surface area (Å²) in [6.45, 7) is 6.04. The van der Waals surface area contributed by atoms with Gasteiger partial charge >= 0.3 is 0 Å². The van der Waals surface area contributed by atoms with Crippen LogP contribution in [0, 0.1) is 0 Å². The molecule has 0 bridgehead atoms. The highest BCUT2D eigenvalue weighted by Gasteiger charge is 2.13. The fourth-order valence-electron chi connectivity index (χ4n) is 3.30. The summed E-state index contributed by atoms with van der Waals surface area (Å²) >= 11 is 1.58. The first-order chi connectivity index (χ1) is 14.6. The summed E-state index contributed by atoms with van der Waals surface area (Å²) in [5.74, 6) is 1.46. The van der Waals surface area contributed by atoms with Gasteiger partial charge in [0.25, 0.3) is 0 Å². The van der Waals surface area contributed by atoms with E-state index < -0.39 is 0 Å². The van der Waals surface area contributed by atoms with Gasteiger partial charge in [0.2, 0.25) is 11.8 Å². The minimum atomic E-state index is -0.0710. The monoisotopic (exact) mass is 427 g/mol. The van der Waals surface area contributed by atoms with E-state index in [1.165, 1.54) is 0 Å². The highest BCUT2D eigenvalue weighted by molar-refractivity contribution is 7.21. The predicted molar refractivity (Wildman–Crippen MR) is 120 cm³/mol. The number of nitrogens with zero attached hydrogens (tertiary/aromatic N) is 2. The van der Waals surface area contributed by atoms with Crippen molar-refractivity contribution in [1.29, 1.82) is 0 Å². The molecule has 30 heavy (non-hydrogen) atoms. The van der Waals surface area contributed by atoms with Crippen LogP contribution in [0.1, 0.15) is 51.7 Å². The summed E-state index contributed by atoms with van der Waals surface area (Å²) in [5.41, 5.74) is 0.953. The molecule has 0 atom stereocenters. The SMILES string of the molecule is CCCN(CCC)C(=O)CCCC(=O)NCc1ccc(-c2nc3ccccc3s2)o1. The summed E-state index contributed by atoms with van der Waals surface area (Å²) < 4.78 is 6.97. The molecule has 0 aliphatic rings. The van der Waals surface area contributed by atoms with Gasteiger partial charge in [-0.15, -0.1) is 11.3 Å². The van der Waals surface area contributed by atoms with Crippen molar-refractivity contribution in [1.82, 2.24) is 15.2 Å². The van der Waals surface area contributed by atoms with Gasteiger partial charge in [0, 0.05) is 25.9 Å². The zero-order valence-electron chi connectivity index (χ0n) is 17.6. The lowest BCUT2D eigenvalue weighted by molar-refractivity contribution is -0.131. The van der Waals surface area contributed by atoms with Gasteiger partial charge < -0.3 is 14.6 Å². The first-order valence-electron chi connectivity index (χ1n) is 10.6. The molecule has 0 aliphatic carbocycles. The second kappa shape index (κ2) is 10.9. The molecule has 0 fully saturated rings. The number of fused-ring (bicyclic) bond motifs is 1. The van der Waals surface area contributed by atoms with Crippen molar-refractivity contribution < 1.29 is 14.0 Å². The van der Waals surface area contributed by atoms with Crippen molar-refractivity contribution in [2.75, 3.05) is 13.1 Å². The number of amides is 2. The van der Waals surface area contributed by atoms with Crippen LogP contribution in [-0.2, 0) is 16.1 Å². The average molecular weight is 428 g/mol. The van der Waals surface area contributed by atoms with Crippen LogP contribution in [0.25, 0.3) is 21.0 Å². The van der Waals surface area contributed by atoms with E-state index in [-0.39, 0.29) is 11.8 Å². The molecule has 3 aromatic rings. The molecule has 0 unspecified atom stereocenters. The molecule has 7 heteroatoms. The van der Waals surface area contributed by atoms with Crippen LogP contribution < -0.4 is 5.32 Å². The van der Waals surface area contributed by atoms with Crippen molar-refractivity contribution in [2.24, 2.45) is 0 Å². The molecule has 6 nitrogen and oxygen atoms in total. The van der Waals surface area contributed by atoms with E-state index in [1.54, 1.807) is 11.3 Å². The summed E-state index contributed by atoms with van der Waals surface area (Å²) in [7, 11) is 0. The average Bonchev–Trinajstić information content (AvgIpc) is 3.38. The maximum atomic E-state index is 12.3. The molecule has 0 saturated heterocycles. The molecular formula is C23H29N3O3S. The summed E-state index contributed by atoms with van der Waals surface area (Å²) in [4.78, 5) is 30.9. The minimum Gasteiger partial charge on any atom is -0.457 e. The third-order valence-electron chi connectivity index (χ3n) is 4.76. The maximum Gasteiger partial charge on any atom is 0.222 e. The van der Waals surface area contributed by atoms with Crippen molar-refractivity contribution in [2.45, 2.75) is 52.5 Å². The smallest absolute Gasteiger partial charge is 0.222 e. The van der Waals surface area contributed by atoms with E-state index >= 15 is 0 Å². The Kier molecular flexibility index (Phi) is 8.02. The molecule has 0 saturated carbocycles. The fraction of sp³-hybridized carbons (Fsp3) is 0.435. The Morgan fingerprint density at radius 3 is 2.57 bits per heavy atom. The van der Waals surface area contributed by atoms with Gasteiger partial charge in [-0.05, 0) is 43.5 Å². The van der Waals surface area contributed by atoms with Gasteiger partial charge in [0.1, 0.15) is 5.76 Å². The molecule has 0 aliphatic heterocycles. The lowest BCUT2D eigenvalue weighted by atomic mass is 10.2. The standard InChI is InChI=1S/C23H29N3O3S/c1-3-14-26(15-4-2)22(28)11-7-10-21(27)24-16-17-12-13-19(29-17)23-25-18-8-5-6-9-20(18)30-23/h5-6,8-9,12-13H,3-4,7,10-11,14-16H2,1-2H3,(H,24,27). The molecule has 1 aromatic carbocycles. The number of hydrogen-bond acceptors (Lipinski definition) is 5. The van der Waals surface area contributed by atoms with E-state index in [4.69, 9.17) is 4.42 Å². The molecule has 2 amide bonds. The third-order valence-corrected chi connectivity index (χ3v) is 5.81. The van der Waals surface area contributed by atoms with Crippen molar-refractivity contribution >= 4 is 33.4 Å². The van der Waals surface area contributed by atoms with E-state index in [0.717, 1.165) is 41.2 Å². The highest BCUT2D eigenvalue weighted by atomic mass is 32.1. The molecule has 0 spiro atoms. The number of nitrogens with one attached hydrogen (secondary N) is 1. The maximum absolute atomic E-state index is 12.3. The molecule has 0 radical (unpaired) electrons. The molecular weight excluding hydrogens is 398 g/mol. The van der Waals surface area contributed by atoms with Gasteiger partial charge in [-0.3, -0.25) is 9.59 Å². The number of carbonyl (C=O) groups is 2. The number of rotatable bonds is 11. The van der Waals surface area contributed by atoms with Gasteiger partial charge in [-0.25, -0.2) is 4.98 Å². The van der Waals surface area contributed by atoms with E-state index in [2.05, 4.69) is 24.1 Å². The number of benzene rings is 1. The van der Waals surface area contributed by atoms with Crippen LogP contribution >= 0.6 is 11.3 Å². The van der Waals surface area contributed by atoms with Gasteiger partial charge in [-0.2, -0.15) is 0 Å². The van der Waals surface area contributed by atoms with E-state index in [9.17, 15) is 9.59 Å². The van der Waals surface area contributed by atoms with E-state index in [0.29, 0.717) is 37.3 Å². The van der Waals surface area contributed by atoms with Crippen LogP contribution in [0.3, 0.4) is 0 Å². The number of para-hydroxylation sites is 1. The zero-order valence-corrected chi connectivity index (χ0v) is 18.5. The second-order valence-corrected chi connectivity index (χ2v) is 8.29. The summed E-state index contributed by atoms with van der Waals surface area (Å²) in [5, 5.41) is 3.70. The highest BCUT2D eigenvalue weighted by Crippen LogP contribution is 2.31. The second-order valence-electron chi connectivity index (χ2n) is 7.26. The Balaban J connectivity index is 1.43. The number of carbonyl (C=O) groups excluding carboxylic acids is 2. The number of thiazole rings is 1. The van der Waals surface area contributed by atoms with Crippen molar-refractivity contribution in [3.05, 3.63) is 42.2 Å². The third kappa shape index (κ3) is 5.92. The Morgan fingerprint density at radius 2 is 1.83 bits per heavy atom. The first-order valence-corrected chi connectivity index (χ1v) is 11.4. The summed E-state index contributed by atoms with van der Waals surface area (Å²) in [6, 6.07) is 11.7. The molecule has 2 aromatic heterocycles. The molecule has 2 heterocycles. The molecule has 1 N–H and O–H groups in total. The lowest BCUT2D eigenvalue weighted by Crippen LogP contribution is -2.32. The molecule has 160 valence electrons. The Hall–Kier alpha value is -2.67. The van der Waals surface area contributed by atoms with E-state index in [1.807, 2.05) is 41.3 Å². The summed E-state index contributed by atoms with van der Waals surface area (Å²) in [6.07, 6.45) is 3.21. The largest absolute Gasteiger partial charge is 0.457 e. The zero-order chi connectivity index (χ0) is 21.3. The fourth-order valence-corrected chi connectivity index (χ4v) is 4.23. The van der Waals surface area contributed by atoms with Gasteiger partial charge in [0.15, 0.2) is 10.8 Å². The topological polar surface area (TPSA) is 75.4 Å². The van der Waals surface area contributed by atoms with Gasteiger partial charge in [-0.1, -0.05) is 26.0 Å². The Labute approximate surface area is 181 Å². The van der Waals surface area contributed by atoms with Crippen LogP contribution in [0.4, 0.5) is 0 Å². The van der Waals surface area contributed by atoms with Crippen molar-refractivity contribution in [3.8, 4) is 10.8 Å². The van der Waals surface area contributed by atoms with Crippen LogP contribution in [0.15, 0.2) is 40.8 Å². The Morgan fingerprint density at radius 1 is 1.07 bits per heavy atom. The quantitative estimate of drug-likeness (QED) is 0.468. The number of hydrogen-bond donors (Lipinski definition) is 1. The normalized spacial score (nSPS) is 11.0.